The van der Waals surface area contributed by atoms with E-state index in [1.165, 1.54) is 0 Å². The van der Waals surface area contributed by atoms with E-state index in [4.69, 9.17) is 15.2 Å². The molecule has 1 aliphatic rings. The van der Waals surface area contributed by atoms with Crippen molar-refractivity contribution in [2.75, 3.05) is 0 Å². The molecule has 3 N–H and O–H groups in total. The Bertz CT molecular complexity index is 848. The molecule has 0 spiro atoms. The number of ether oxygens (including phenoxy) is 2. The van der Waals surface area contributed by atoms with Crippen molar-refractivity contribution in [3.8, 4) is 11.5 Å². The molecule has 7 heteroatoms. The molecule has 1 atom stereocenters. The zero-order chi connectivity index (χ0) is 19.6. The molecule has 0 unspecified atom stereocenters. The smallest absolute Gasteiger partial charge is 0.319 e. The van der Waals surface area contributed by atoms with Gasteiger partial charge >= 0.3 is 12.0 Å². The molecule has 0 radical (unpaired) electrons. The number of benzene rings is 2. The summed E-state index contributed by atoms with van der Waals surface area (Å²) in [5.41, 5.74) is 6.31. The SMILES string of the molecule is CC(C)[C@@H](OC(=O)C1c2ccccc2Oc2ccccc21)C(=O)NC(N)=O. The first-order chi connectivity index (χ1) is 12.9. The van der Waals surface area contributed by atoms with Crippen molar-refractivity contribution in [2.45, 2.75) is 25.9 Å². The van der Waals surface area contributed by atoms with Crippen molar-refractivity contribution in [1.82, 2.24) is 5.32 Å². The zero-order valence-corrected chi connectivity index (χ0v) is 15.0. The van der Waals surface area contributed by atoms with E-state index in [9.17, 15) is 14.4 Å². The van der Waals surface area contributed by atoms with Crippen LogP contribution in [0.2, 0.25) is 0 Å². The Balaban J connectivity index is 1.94. The number of amides is 3. The molecule has 27 heavy (non-hydrogen) atoms. The molecule has 0 aliphatic carbocycles. The van der Waals surface area contributed by atoms with Crippen LogP contribution < -0.4 is 15.8 Å². The van der Waals surface area contributed by atoms with Gasteiger partial charge in [0.25, 0.3) is 5.91 Å². The van der Waals surface area contributed by atoms with Crippen LogP contribution in [0.1, 0.15) is 30.9 Å². The van der Waals surface area contributed by atoms with Gasteiger partial charge in [0, 0.05) is 11.1 Å². The van der Waals surface area contributed by atoms with Crippen LogP contribution in [-0.4, -0.2) is 24.0 Å². The quantitative estimate of drug-likeness (QED) is 0.807. The normalized spacial score (nSPS) is 13.7. The Kier molecular flexibility index (Phi) is 5.12. The predicted molar refractivity (Wildman–Crippen MR) is 97.2 cm³/mol. The van der Waals surface area contributed by atoms with E-state index in [-0.39, 0.29) is 5.92 Å². The summed E-state index contributed by atoms with van der Waals surface area (Å²) in [6.45, 7) is 3.43. The Morgan fingerprint density at radius 2 is 1.52 bits per heavy atom. The van der Waals surface area contributed by atoms with Crippen LogP contribution in [0.25, 0.3) is 0 Å². The summed E-state index contributed by atoms with van der Waals surface area (Å²) in [6, 6.07) is 13.3. The molecule has 0 saturated heterocycles. The molecule has 3 rings (SSSR count). The van der Waals surface area contributed by atoms with Crippen molar-refractivity contribution in [3.63, 3.8) is 0 Å². The number of hydrogen-bond acceptors (Lipinski definition) is 5. The first-order valence-electron chi connectivity index (χ1n) is 8.55. The van der Waals surface area contributed by atoms with E-state index in [2.05, 4.69) is 0 Å². The predicted octanol–water partition coefficient (Wildman–Crippen LogP) is 2.69. The highest BCUT2D eigenvalue weighted by Gasteiger charge is 2.37. The summed E-state index contributed by atoms with van der Waals surface area (Å²) in [5.74, 6) is -1.33. The maximum absolute atomic E-state index is 13.1. The Hall–Kier alpha value is -3.35. The highest BCUT2D eigenvalue weighted by molar-refractivity contribution is 5.97. The Morgan fingerprint density at radius 3 is 2.00 bits per heavy atom. The Morgan fingerprint density at radius 1 is 1.00 bits per heavy atom. The number of para-hydroxylation sites is 2. The summed E-state index contributed by atoms with van der Waals surface area (Å²) < 4.78 is 11.4. The lowest BCUT2D eigenvalue weighted by molar-refractivity contribution is -0.159. The largest absolute Gasteiger partial charge is 0.457 e. The lowest BCUT2D eigenvalue weighted by Crippen LogP contribution is -2.46. The minimum Gasteiger partial charge on any atom is -0.457 e. The van der Waals surface area contributed by atoms with E-state index >= 15 is 0 Å². The molecule has 2 aromatic carbocycles. The molecule has 1 heterocycles. The minimum absolute atomic E-state index is 0.348. The fraction of sp³-hybridized carbons (Fsp3) is 0.250. The summed E-state index contributed by atoms with van der Waals surface area (Å²) in [5, 5.41) is 1.97. The molecule has 2 aromatic rings. The van der Waals surface area contributed by atoms with E-state index < -0.39 is 29.9 Å². The van der Waals surface area contributed by atoms with Crippen LogP contribution in [0.5, 0.6) is 11.5 Å². The molecular formula is C20H20N2O5. The van der Waals surface area contributed by atoms with Crippen LogP contribution in [0, 0.1) is 5.92 Å². The lowest BCUT2D eigenvalue weighted by atomic mass is 9.88. The van der Waals surface area contributed by atoms with Gasteiger partial charge in [-0.05, 0) is 18.1 Å². The number of nitrogens with one attached hydrogen (secondary N) is 1. The maximum Gasteiger partial charge on any atom is 0.319 e. The van der Waals surface area contributed by atoms with Gasteiger partial charge in [-0.25, -0.2) is 4.79 Å². The van der Waals surface area contributed by atoms with Crippen molar-refractivity contribution < 1.29 is 23.9 Å². The second-order valence-electron chi connectivity index (χ2n) is 6.57. The number of primary amides is 1. The number of urea groups is 1. The number of hydrogen-bond donors (Lipinski definition) is 2. The van der Waals surface area contributed by atoms with Crippen LogP contribution in [-0.2, 0) is 14.3 Å². The molecule has 0 saturated carbocycles. The molecule has 3 amide bonds. The van der Waals surface area contributed by atoms with Crippen LogP contribution in [0.15, 0.2) is 48.5 Å². The third-order valence-electron chi connectivity index (χ3n) is 4.27. The average molecular weight is 368 g/mol. The zero-order valence-electron chi connectivity index (χ0n) is 15.0. The molecule has 7 nitrogen and oxygen atoms in total. The van der Waals surface area contributed by atoms with Gasteiger partial charge in [0.15, 0.2) is 6.10 Å². The number of esters is 1. The van der Waals surface area contributed by atoms with Gasteiger partial charge < -0.3 is 15.2 Å². The Labute approximate surface area is 156 Å². The number of carbonyl (C=O) groups excluding carboxylic acids is 3. The minimum atomic E-state index is -1.15. The van der Waals surface area contributed by atoms with Crippen molar-refractivity contribution >= 4 is 17.9 Å². The number of imide groups is 1. The van der Waals surface area contributed by atoms with Crippen LogP contribution in [0.3, 0.4) is 0 Å². The second-order valence-corrected chi connectivity index (χ2v) is 6.57. The fourth-order valence-corrected chi connectivity index (χ4v) is 3.04. The summed E-state index contributed by atoms with van der Waals surface area (Å²) in [7, 11) is 0. The van der Waals surface area contributed by atoms with E-state index in [1.54, 1.807) is 50.2 Å². The third kappa shape index (κ3) is 3.76. The van der Waals surface area contributed by atoms with Gasteiger partial charge in [0.2, 0.25) is 0 Å². The topological polar surface area (TPSA) is 108 Å². The molecule has 1 aliphatic heterocycles. The maximum atomic E-state index is 13.1. The van der Waals surface area contributed by atoms with Crippen molar-refractivity contribution in [1.29, 1.82) is 0 Å². The lowest BCUT2D eigenvalue weighted by Gasteiger charge is -2.28. The number of nitrogens with two attached hydrogens (primary N) is 1. The molecule has 0 aromatic heterocycles. The van der Waals surface area contributed by atoms with Crippen LogP contribution >= 0.6 is 0 Å². The van der Waals surface area contributed by atoms with E-state index in [0.29, 0.717) is 22.6 Å². The first-order valence-corrected chi connectivity index (χ1v) is 8.55. The van der Waals surface area contributed by atoms with Gasteiger partial charge in [-0.1, -0.05) is 50.2 Å². The molecule has 140 valence electrons. The van der Waals surface area contributed by atoms with Crippen molar-refractivity contribution in [2.24, 2.45) is 11.7 Å². The average Bonchev–Trinajstić information content (AvgIpc) is 2.62. The summed E-state index contributed by atoms with van der Waals surface area (Å²) >= 11 is 0. The van der Waals surface area contributed by atoms with E-state index in [1.807, 2.05) is 17.4 Å². The molecular weight excluding hydrogens is 348 g/mol. The fourth-order valence-electron chi connectivity index (χ4n) is 3.04. The molecule has 0 bridgehead atoms. The number of carbonyl (C=O) groups is 3. The van der Waals surface area contributed by atoms with Gasteiger partial charge in [0.1, 0.15) is 17.4 Å². The number of rotatable bonds is 4. The third-order valence-corrected chi connectivity index (χ3v) is 4.27. The second kappa shape index (κ2) is 7.49. The number of fused-ring (bicyclic) bond motifs is 2. The van der Waals surface area contributed by atoms with Gasteiger partial charge in [-0.2, -0.15) is 0 Å². The highest BCUT2D eigenvalue weighted by Crippen LogP contribution is 2.44. The van der Waals surface area contributed by atoms with Gasteiger partial charge in [-0.15, -0.1) is 0 Å². The summed E-state index contributed by atoms with van der Waals surface area (Å²) in [4.78, 5) is 36.2. The monoisotopic (exact) mass is 368 g/mol. The molecule has 0 fully saturated rings. The van der Waals surface area contributed by atoms with Crippen LogP contribution in [0.4, 0.5) is 4.79 Å². The van der Waals surface area contributed by atoms with Crippen molar-refractivity contribution in [3.05, 3.63) is 59.7 Å². The highest BCUT2D eigenvalue weighted by atomic mass is 16.6. The van der Waals surface area contributed by atoms with E-state index in [0.717, 1.165) is 0 Å². The summed E-state index contributed by atoms with van der Waals surface area (Å²) in [6.07, 6.45) is -1.15. The van der Waals surface area contributed by atoms with Gasteiger partial charge in [0.05, 0.1) is 0 Å². The standard InChI is InChI=1S/C20H20N2O5/c1-11(2)17(18(23)22-20(21)25)27-19(24)16-12-7-3-5-9-14(12)26-15-10-6-4-8-13(15)16/h3-11,16-17H,1-2H3,(H3,21,22,23,25)/t17-/m1/s1. The van der Waals surface area contributed by atoms with Gasteiger partial charge in [-0.3, -0.25) is 14.9 Å². The first kappa shape index (κ1) is 18.4.